The molecule has 63 heavy (non-hydrogen) atoms. The predicted molar refractivity (Wildman–Crippen MR) is 223 cm³/mol. The number of aliphatic hydroxyl groups is 8. The fourth-order valence-corrected chi connectivity index (χ4v) is 14.8. The first kappa shape index (κ1) is 48.1. The molecule has 8 aliphatic rings. The minimum Gasteiger partial charge on any atom is -0.469 e. The molecule has 0 amide bonds. The molecule has 16 nitrogen and oxygen atoms in total. The molecule has 0 aromatic rings. The van der Waals surface area contributed by atoms with Gasteiger partial charge in [-0.1, -0.05) is 60.1 Å². The van der Waals surface area contributed by atoms with Crippen molar-refractivity contribution in [1.29, 1.82) is 0 Å². The third kappa shape index (κ3) is 7.60. The highest BCUT2D eigenvalue weighted by molar-refractivity contribution is 5.78. The molecule has 4 saturated carbocycles. The quantitative estimate of drug-likeness (QED) is 0.0988. The molecule has 0 aromatic carbocycles. The van der Waals surface area contributed by atoms with Gasteiger partial charge < -0.3 is 74.0 Å². The van der Waals surface area contributed by atoms with Crippen molar-refractivity contribution in [3.05, 3.63) is 11.6 Å². The van der Waals surface area contributed by atoms with Crippen LogP contribution in [-0.4, -0.2) is 160 Å². The lowest BCUT2D eigenvalue weighted by atomic mass is 9.33. The van der Waals surface area contributed by atoms with Gasteiger partial charge in [-0.05, 0) is 109 Å². The first-order valence-corrected chi connectivity index (χ1v) is 23.5. The van der Waals surface area contributed by atoms with Gasteiger partial charge in [-0.15, -0.1) is 0 Å². The number of fused-ring (bicyclic) bond motifs is 7. The molecule has 5 aliphatic carbocycles. The Morgan fingerprint density at radius 1 is 0.698 bits per heavy atom. The van der Waals surface area contributed by atoms with E-state index in [1.807, 2.05) is 0 Å². The summed E-state index contributed by atoms with van der Waals surface area (Å²) in [6, 6.07) is 0. The Balaban J connectivity index is 1.06. The lowest BCUT2D eigenvalue weighted by molar-refractivity contribution is -0.384. The Kier molecular flexibility index (Phi) is 13.0. The van der Waals surface area contributed by atoms with E-state index >= 15 is 0 Å². The smallest absolute Gasteiger partial charge is 0.312 e. The predicted octanol–water partition coefficient (Wildman–Crippen LogP) is 2.07. The molecule has 7 fully saturated rings. The van der Waals surface area contributed by atoms with E-state index in [9.17, 15) is 45.6 Å². The van der Waals surface area contributed by atoms with Crippen molar-refractivity contribution in [3.63, 3.8) is 0 Å². The van der Waals surface area contributed by atoms with E-state index in [0.29, 0.717) is 12.3 Å². The summed E-state index contributed by atoms with van der Waals surface area (Å²) in [6.45, 7) is 15.3. The van der Waals surface area contributed by atoms with Gasteiger partial charge in [-0.2, -0.15) is 0 Å². The summed E-state index contributed by atoms with van der Waals surface area (Å²) in [5.41, 5.74) is 0.579. The highest BCUT2D eigenvalue weighted by Crippen LogP contribution is 2.76. The van der Waals surface area contributed by atoms with E-state index in [0.717, 1.165) is 57.8 Å². The first-order chi connectivity index (χ1) is 29.5. The molecule has 16 heteroatoms. The van der Waals surface area contributed by atoms with Crippen molar-refractivity contribution in [2.75, 3.05) is 26.9 Å². The number of hydrogen-bond acceptors (Lipinski definition) is 16. The van der Waals surface area contributed by atoms with Gasteiger partial charge >= 0.3 is 5.97 Å². The van der Waals surface area contributed by atoms with Crippen LogP contribution < -0.4 is 0 Å². The molecule has 3 saturated heterocycles. The van der Waals surface area contributed by atoms with E-state index in [1.54, 1.807) is 7.11 Å². The second kappa shape index (κ2) is 17.0. The number of ether oxygens (including phenoxy) is 7. The van der Waals surface area contributed by atoms with Crippen molar-refractivity contribution in [3.8, 4) is 0 Å². The van der Waals surface area contributed by atoms with Crippen LogP contribution >= 0.6 is 0 Å². The third-order valence-electron chi connectivity index (χ3n) is 18.8. The molecule has 0 bridgehead atoms. The normalized spacial score (nSPS) is 52.9. The number of carbonyl (C=O) groups is 1. The summed E-state index contributed by atoms with van der Waals surface area (Å²) in [5, 5.41) is 84.8. The number of hydrogen-bond donors (Lipinski definition) is 8. The molecule has 3 heterocycles. The SMILES string of the molecule is COC(=O)C12CCC(C)(C)CC1C1=CCC3C4(C)CCC(OC5OCC(O)C(OC6OC(CO)C(O)C(O)C6O)C5OC5OCC(O)C(O)C5O)C(C)(C)C4CCC3(C)C1(C)CC2. The minimum absolute atomic E-state index is 0.00846. The topological polar surface area (TPSA) is 244 Å². The zero-order valence-corrected chi connectivity index (χ0v) is 38.4. The average Bonchev–Trinajstić information content (AvgIpc) is 3.23. The van der Waals surface area contributed by atoms with E-state index < -0.39 is 97.3 Å². The maximum absolute atomic E-state index is 13.7. The van der Waals surface area contributed by atoms with Crippen LogP contribution in [0.25, 0.3) is 0 Å². The van der Waals surface area contributed by atoms with Crippen LogP contribution in [0.3, 0.4) is 0 Å². The van der Waals surface area contributed by atoms with Gasteiger partial charge in [0.15, 0.2) is 18.9 Å². The zero-order chi connectivity index (χ0) is 45.8. The molecule has 8 N–H and O–H groups in total. The lowest BCUT2D eigenvalue weighted by Gasteiger charge is -2.71. The Hall–Kier alpha value is -1.35. The van der Waals surface area contributed by atoms with Gasteiger partial charge in [-0.25, -0.2) is 0 Å². The lowest BCUT2D eigenvalue weighted by Crippen LogP contribution is -2.66. The van der Waals surface area contributed by atoms with Crippen LogP contribution in [0.4, 0.5) is 0 Å². The maximum atomic E-state index is 13.7. The fraction of sp³-hybridized carbons (Fsp3) is 0.936. The van der Waals surface area contributed by atoms with Crippen molar-refractivity contribution in [1.82, 2.24) is 0 Å². The van der Waals surface area contributed by atoms with Gasteiger partial charge in [-0.3, -0.25) is 4.79 Å². The van der Waals surface area contributed by atoms with Crippen LogP contribution in [0.2, 0.25) is 0 Å². The fourth-order valence-electron chi connectivity index (χ4n) is 14.8. The number of aliphatic hydroxyl groups excluding tert-OH is 8. The van der Waals surface area contributed by atoms with Crippen LogP contribution in [0, 0.1) is 50.2 Å². The third-order valence-corrected chi connectivity index (χ3v) is 18.8. The van der Waals surface area contributed by atoms with Crippen LogP contribution in [0.1, 0.15) is 113 Å². The molecule has 0 aromatic heterocycles. The number of methoxy groups -OCH3 is 1. The number of esters is 1. The summed E-state index contributed by atoms with van der Waals surface area (Å²) in [5.74, 6) is 0.716. The van der Waals surface area contributed by atoms with Gasteiger partial charge in [0, 0.05) is 0 Å². The summed E-state index contributed by atoms with van der Waals surface area (Å²) in [7, 11) is 1.54. The standard InChI is InChI=1S/C47H76O16/c1-42(2)15-17-47(41(56)57-8)18-16-45(6)23(24(47)19-42)9-10-29-44(5)13-12-30(43(3,4)28(44)11-14-46(29,45)7)61-40-37(63-38-34(54)31(51)25(49)21-58-38)36(26(50)22-59-40)62-39-35(55)33(53)32(52)27(20-48)60-39/h9,24-40,48-55H,10-22H2,1-8H3. The van der Waals surface area contributed by atoms with Gasteiger partial charge in [0.2, 0.25) is 0 Å². The monoisotopic (exact) mass is 897 g/mol. The second-order valence-electron chi connectivity index (χ2n) is 22.8. The van der Waals surface area contributed by atoms with Crippen LogP contribution in [0.15, 0.2) is 11.6 Å². The Morgan fingerprint density at radius 2 is 1.35 bits per heavy atom. The van der Waals surface area contributed by atoms with Crippen molar-refractivity contribution >= 4 is 5.97 Å². The maximum Gasteiger partial charge on any atom is 0.312 e. The Morgan fingerprint density at radius 3 is 2.05 bits per heavy atom. The summed E-state index contributed by atoms with van der Waals surface area (Å²) < 4.78 is 42.4. The molecular formula is C47H76O16. The molecular weight excluding hydrogens is 821 g/mol. The van der Waals surface area contributed by atoms with Crippen LogP contribution in [0.5, 0.6) is 0 Å². The molecule has 3 aliphatic heterocycles. The van der Waals surface area contributed by atoms with Crippen molar-refractivity contribution < 1.29 is 78.8 Å². The summed E-state index contributed by atoms with van der Waals surface area (Å²) in [6.07, 6.45) is -8.52. The first-order valence-electron chi connectivity index (χ1n) is 23.5. The number of allylic oxidation sites excluding steroid dienone is 2. The van der Waals surface area contributed by atoms with E-state index in [1.165, 1.54) is 5.57 Å². The minimum atomic E-state index is -1.79. The van der Waals surface area contributed by atoms with Crippen molar-refractivity contribution in [2.45, 2.75) is 199 Å². The largest absolute Gasteiger partial charge is 0.469 e. The average molecular weight is 897 g/mol. The Labute approximate surface area is 371 Å². The van der Waals surface area contributed by atoms with Gasteiger partial charge in [0.25, 0.3) is 0 Å². The van der Waals surface area contributed by atoms with Gasteiger partial charge in [0.05, 0.1) is 38.4 Å². The molecule has 0 spiro atoms. The second-order valence-corrected chi connectivity index (χ2v) is 22.8. The molecule has 0 radical (unpaired) electrons. The van der Waals surface area contributed by atoms with E-state index in [-0.39, 0.29) is 58.8 Å². The zero-order valence-electron chi connectivity index (χ0n) is 38.4. The summed E-state index contributed by atoms with van der Waals surface area (Å²) >= 11 is 0. The molecule has 360 valence electrons. The highest BCUT2D eigenvalue weighted by Gasteiger charge is 2.70. The Bertz CT molecular complexity index is 1710. The number of carbonyl (C=O) groups excluding carboxylic acids is 1. The highest BCUT2D eigenvalue weighted by atomic mass is 16.8. The number of rotatable bonds is 8. The summed E-state index contributed by atoms with van der Waals surface area (Å²) in [4.78, 5) is 13.7. The molecule has 21 unspecified atom stereocenters. The van der Waals surface area contributed by atoms with Crippen LogP contribution in [-0.2, 0) is 38.0 Å². The van der Waals surface area contributed by atoms with Crippen molar-refractivity contribution in [2.24, 2.45) is 50.2 Å². The van der Waals surface area contributed by atoms with Gasteiger partial charge in [0.1, 0.15) is 61.0 Å². The van der Waals surface area contributed by atoms with E-state index in [2.05, 4.69) is 54.5 Å². The molecule has 21 atom stereocenters. The molecule has 8 rings (SSSR count). The van der Waals surface area contributed by atoms with E-state index in [4.69, 9.17) is 33.2 Å².